The van der Waals surface area contributed by atoms with Crippen LogP contribution in [0.2, 0.25) is 0 Å². The molecule has 2 atom stereocenters. The van der Waals surface area contributed by atoms with Crippen molar-refractivity contribution in [2.75, 3.05) is 7.11 Å². The molecule has 2 unspecified atom stereocenters. The Morgan fingerprint density at radius 3 is 2.74 bits per heavy atom. The molecule has 0 aliphatic heterocycles. The van der Waals surface area contributed by atoms with E-state index in [4.69, 9.17) is 4.74 Å². The molecule has 1 aromatic heterocycles. The number of methoxy groups -OCH3 is 1. The van der Waals surface area contributed by atoms with Crippen LogP contribution in [0.15, 0.2) is 0 Å². The Labute approximate surface area is 114 Å². The smallest absolute Gasteiger partial charge is 0.360 e. The fourth-order valence-corrected chi connectivity index (χ4v) is 2.97. The molecule has 1 saturated carbocycles. The predicted octanol–water partition coefficient (Wildman–Crippen LogP) is 2.94. The van der Waals surface area contributed by atoms with Crippen molar-refractivity contribution in [3.8, 4) is 0 Å². The van der Waals surface area contributed by atoms with Gasteiger partial charge in [0.2, 0.25) is 0 Å². The van der Waals surface area contributed by atoms with Gasteiger partial charge in [-0.2, -0.15) is 0 Å². The van der Waals surface area contributed by atoms with Crippen LogP contribution in [0.25, 0.3) is 0 Å². The zero-order chi connectivity index (χ0) is 14.0. The molecule has 0 radical (unpaired) electrons. The van der Waals surface area contributed by atoms with E-state index in [2.05, 4.69) is 31.1 Å². The summed E-state index contributed by atoms with van der Waals surface area (Å²) in [5.41, 5.74) is 1.28. The van der Waals surface area contributed by atoms with E-state index in [1.54, 1.807) is 0 Å². The van der Waals surface area contributed by atoms with E-state index in [0.29, 0.717) is 17.7 Å². The van der Waals surface area contributed by atoms with E-state index in [1.165, 1.54) is 20.0 Å². The molecule has 1 aliphatic rings. The summed E-state index contributed by atoms with van der Waals surface area (Å²) in [6.45, 7) is 6.40. The van der Waals surface area contributed by atoms with Gasteiger partial charge in [-0.25, -0.2) is 9.48 Å². The first-order valence-electron chi connectivity index (χ1n) is 7.08. The third-order valence-electron chi connectivity index (χ3n) is 3.91. The highest BCUT2D eigenvalue weighted by atomic mass is 16.5. The van der Waals surface area contributed by atoms with Crippen LogP contribution in [0.1, 0.15) is 74.6 Å². The Morgan fingerprint density at radius 1 is 1.42 bits per heavy atom. The zero-order valence-corrected chi connectivity index (χ0v) is 12.2. The summed E-state index contributed by atoms with van der Waals surface area (Å²) >= 11 is 0. The maximum absolute atomic E-state index is 11.8. The number of hydrogen-bond donors (Lipinski definition) is 0. The Morgan fingerprint density at radius 2 is 2.16 bits per heavy atom. The lowest BCUT2D eigenvalue weighted by molar-refractivity contribution is 0.0592. The molecule has 0 aromatic carbocycles. The van der Waals surface area contributed by atoms with Gasteiger partial charge in [0.15, 0.2) is 5.69 Å². The first-order valence-corrected chi connectivity index (χ1v) is 7.08. The monoisotopic (exact) mass is 265 g/mol. The molecule has 0 spiro atoms. The minimum Gasteiger partial charge on any atom is -0.464 e. The maximum atomic E-state index is 11.8. The predicted molar refractivity (Wildman–Crippen MR) is 72.1 cm³/mol. The third kappa shape index (κ3) is 2.80. The number of esters is 1. The lowest BCUT2D eigenvalue weighted by Crippen LogP contribution is -2.21. The molecule has 106 valence electrons. The van der Waals surface area contributed by atoms with Gasteiger partial charge in [0.1, 0.15) is 0 Å². The van der Waals surface area contributed by atoms with Crippen LogP contribution in [0.3, 0.4) is 0 Å². The lowest BCUT2D eigenvalue weighted by atomic mass is 9.87. The van der Waals surface area contributed by atoms with E-state index < -0.39 is 0 Å². The summed E-state index contributed by atoms with van der Waals surface area (Å²) in [6.07, 6.45) is 4.74. The van der Waals surface area contributed by atoms with E-state index >= 15 is 0 Å². The van der Waals surface area contributed by atoms with E-state index in [1.807, 2.05) is 4.68 Å². The van der Waals surface area contributed by atoms with Crippen molar-refractivity contribution in [1.29, 1.82) is 0 Å². The molecular formula is C14H23N3O2. The first-order chi connectivity index (χ1) is 9.04. The van der Waals surface area contributed by atoms with Gasteiger partial charge < -0.3 is 4.74 Å². The molecule has 19 heavy (non-hydrogen) atoms. The highest BCUT2D eigenvalue weighted by Gasteiger charge is 2.28. The summed E-state index contributed by atoms with van der Waals surface area (Å²) in [5.74, 6) is 0.532. The lowest BCUT2D eigenvalue weighted by Gasteiger charge is -2.28. The fraction of sp³-hybridized carbons (Fsp3) is 0.786. The second-order valence-electron chi connectivity index (χ2n) is 5.84. The molecule has 1 heterocycles. The van der Waals surface area contributed by atoms with Crippen LogP contribution >= 0.6 is 0 Å². The molecule has 0 amide bonds. The fourth-order valence-electron chi connectivity index (χ4n) is 2.97. The van der Waals surface area contributed by atoms with E-state index in [9.17, 15) is 4.79 Å². The average molecular weight is 265 g/mol. The van der Waals surface area contributed by atoms with Crippen molar-refractivity contribution >= 4 is 5.97 Å². The Balaban J connectivity index is 2.34. The van der Waals surface area contributed by atoms with E-state index in [-0.39, 0.29) is 11.9 Å². The molecular weight excluding hydrogens is 242 g/mol. The van der Waals surface area contributed by atoms with Crippen LogP contribution in [-0.2, 0) is 4.74 Å². The van der Waals surface area contributed by atoms with Crippen LogP contribution in [0.5, 0.6) is 0 Å². The molecule has 1 aromatic rings. The van der Waals surface area contributed by atoms with Gasteiger partial charge in [-0.3, -0.25) is 0 Å². The molecule has 0 N–H and O–H groups in total. The summed E-state index contributed by atoms with van der Waals surface area (Å²) in [4.78, 5) is 11.8. The number of ether oxygens (including phenoxy) is 1. The maximum Gasteiger partial charge on any atom is 0.360 e. The number of hydrogen-bond acceptors (Lipinski definition) is 4. The van der Waals surface area contributed by atoms with Gasteiger partial charge in [0.05, 0.1) is 18.8 Å². The van der Waals surface area contributed by atoms with Crippen molar-refractivity contribution in [2.24, 2.45) is 5.92 Å². The Kier molecular flexibility index (Phi) is 4.22. The van der Waals surface area contributed by atoms with Crippen molar-refractivity contribution in [3.05, 3.63) is 11.4 Å². The van der Waals surface area contributed by atoms with Crippen LogP contribution in [0, 0.1) is 5.92 Å². The minimum absolute atomic E-state index is 0.210. The van der Waals surface area contributed by atoms with Crippen molar-refractivity contribution < 1.29 is 9.53 Å². The van der Waals surface area contributed by atoms with Gasteiger partial charge in [-0.15, -0.1) is 5.10 Å². The SMILES string of the molecule is COC(=O)c1nnn(C2CCCC(C)C2)c1C(C)C. The third-order valence-corrected chi connectivity index (χ3v) is 3.91. The molecule has 5 heteroatoms. The summed E-state index contributed by atoms with van der Waals surface area (Å²) in [7, 11) is 1.38. The molecule has 0 bridgehead atoms. The van der Waals surface area contributed by atoms with Gasteiger partial charge in [-0.1, -0.05) is 38.8 Å². The second kappa shape index (κ2) is 5.72. The van der Waals surface area contributed by atoms with E-state index in [0.717, 1.165) is 18.5 Å². The van der Waals surface area contributed by atoms with Gasteiger partial charge >= 0.3 is 5.97 Å². The number of nitrogens with zero attached hydrogens (tertiary/aromatic N) is 3. The van der Waals surface area contributed by atoms with Gasteiger partial charge in [0, 0.05) is 0 Å². The number of rotatable bonds is 3. The van der Waals surface area contributed by atoms with Crippen LogP contribution in [-0.4, -0.2) is 28.1 Å². The summed E-state index contributed by atoms with van der Waals surface area (Å²) in [6, 6.07) is 0.368. The molecule has 2 rings (SSSR count). The molecule has 1 aliphatic carbocycles. The molecule has 1 fully saturated rings. The van der Waals surface area contributed by atoms with Gasteiger partial charge in [-0.05, 0) is 24.7 Å². The second-order valence-corrected chi connectivity index (χ2v) is 5.84. The van der Waals surface area contributed by atoms with Crippen LogP contribution in [0.4, 0.5) is 0 Å². The standard InChI is InChI=1S/C14H23N3O2/c1-9(2)13-12(14(18)19-4)15-16-17(13)11-7-5-6-10(3)8-11/h9-11H,5-8H2,1-4H3. The quantitative estimate of drug-likeness (QED) is 0.788. The Hall–Kier alpha value is -1.39. The zero-order valence-electron chi connectivity index (χ0n) is 12.2. The van der Waals surface area contributed by atoms with Gasteiger partial charge in [0.25, 0.3) is 0 Å². The molecule has 0 saturated heterocycles. The normalized spacial score (nSPS) is 23.6. The summed E-state index contributed by atoms with van der Waals surface area (Å²) < 4.78 is 6.76. The number of carbonyl (C=O) groups excluding carboxylic acids is 1. The minimum atomic E-state index is -0.390. The number of aromatic nitrogens is 3. The van der Waals surface area contributed by atoms with Crippen LogP contribution < -0.4 is 0 Å². The first kappa shape index (κ1) is 14.0. The van der Waals surface area contributed by atoms with Crippen molar-refractivity contribution in [1.82, 2.24) is 15.0 Å². The Bertz CT molecular complexity index is 454. The summed E-state index contributed by atoms with van der Waals surface area (Å²) in [5, 5.41) is 8.28. The molecule has 5 nitrogen and oxygen atoms in total. The highest BCUT2D eigenvalue weighted by Crippen LogP contribution is 2.34. The largest absolute Gasteiger partial charge is 0.464 e. The average Bonchev–Trinajstić information content (AvgIpc) is 2.82. The highest BCUT2D eigenvalue weighted by molar-refractivity contribution is 5.88. The topological polar surface area (TPSA) is 57.0 Å². The van der Waals surface area contributed by atoms with Crippen molar-refractivity contribution in [2.45, 2.75) is 58.4 Å². The number of carbonyl (C=O) groups is 1. The van der Waals surface area contributed by atoms with Crippen molar-refractivity contribution in [3.63, 3.8) is 0 Å².